The molecule has 0 unspecified atom stereocenters. The number of fused-ring (bicyclic) bond motifs is 1. The highest BCUT2D eigenvalue weighted by atomic mass is 19.1. The van der Waals surface area contributed by atoms with Gasteiger partial charge in [-0.15, -0.1) is 10.2 Å². The van der Waals surface area contributed by atoms with E-state index in [-0.39, 0.29) is 36.3 Å². The van der Waals surface area contributed by atoms with E-state index in [0.717, 1.165) is 41.7 Å². The number of carbonyl (C=O) groups is 2. The number of nitrogens with one attached hydrogen (secondary N) is 2. The number of pyridine rings is 1. The Balaban J connectivity index is 1.05. The number of unbranched alkanes of at least 4 members (excludes halogenated alkanes) is 1. The fourth-order valence-electron chi connectivity index (χ4n) is 4.43. The Labute approximate surface area is 230 Å². The number of H-pyrrole nitrogens is 1. The molecule has 2 N–H and O–H groups in total. The Morgan fingerprint density at radius 2 is 2.00 bits per heavy atom. The van der Waals surface area contributed by atoms with Crippen LogP contribution in [0.1, 0.15) is 65.7 Å². The van der Waals surface area contributed by atoms with Gasteiger partial charge in [-0.05, 0) is 51.3 Å². The Morgan fingerprint density at radius 1 is 1.15 bits per heavy atom. The number of rotatable bonds is 11. The molecule has 0 saturated carbocycles. The van der Waals surface area contributed by atoms with Gasteiger partial charge < -0.3 is 19.9 Å². The van der Waals surface area contributed by atoms with E-state index in [4.69, 9.17) is 4.74 Å². The van der Waals surface area contributed by atoms with Crippen molar-refractivity contribution in [2.75, 3.05) is 13.1 Å². The summed E-state index contributed by atoms with van der Waals surface area (Å²) >= 11 is 0. The monoisotopic (exact) mass is 549 g/mol. The van der Waals surface area contributed by atoms with Gasteiger partial charge in [0.15, 0.2) is 11.3 Å². The second kappa shape index (κ2) is 12.2. The first-order valence-corrected chi connectivity index (χ1v) is 13.4. The zero-order chi connectivity index (χ0) is 28.1. The minimum absolute atomic E-state index is 0.128. The minimum atomic E-state index is -0.570. The number of alkyl halides is 1. The second-order valence-corrected chi connectivity index (χ2v) is 10.2. The van der Waals surface area contributed by atoms with Gasteiger partial charge in [0.1, 0.15) is 6.67 Å². The summed E-state index contributed by atoms with van der Waals surface area (Å²) in [5, 5.41) is 20.4. The fourth-order valence-corrected chi connectivity index (χ4v) is 4.43. The number of amides is 2. The van der Waals surface area contributed by atoms with Crippen LogP contribution in [-0.4, -0.2) is 71.3 Å². The van der Waals surface area contributed by atoms with Gasteiger partial charge in [-0.2, -0.15) is 5.10 Å². The maximum Gasteiger partial charge on any atom is 0.410 e. The lowest BCUT2D eigenvalue weighted by Crippen LogP contribution is -2.49. The molecule has 0 aromatic carbocycles. The fraction of sp³-hybridized carbons (Fsp3) is 0.444. The highest BCUT2D eigenvalue weighted by Crippen LogP contribution is 2.29. The summed E-state index contributed by atoms with van der Waals surface area (Å²) in [6.45, 7) is 5.20. The quantitative estimate of drug-likeness (QED) is 0.271. The first-order chi connectivity index (χ1) is 19.4. The number of hydrogen-bond donors (Lipinski definition) is 2. The van der Waals surface area contributed by atoms with Crippen LogP contribution in [0.4, 0.5) is 9.18 Å². The molecule has 0 radical (unpaired) electrons. The molecule has 0 bridgehead atoms. The van der Waals surface area contributed by atoms with Crippen LogP contribution >= 0.6 is 0 Å². The zero-order valence-electron chi connectivity index (χ0n) is 22.5. The molecule has 5 heterocycles. The molecule has 5 rings (SSSR count). The molecule has 40 heavy (non-hydrogen) atoms. The van der Waals surface area contributed by atoms with Crippen molar-refractivity contribution in [1.82, 2.24) is 45.4 Å². The third-order valence-corrected chi connectivity index (χ3v) is 6.68. The predicted octanol–water partition coefficient (Wildman–Crippen LogP) is 3.31. The number of aromatic nitrogens is 7. The lowest BCUT2D eigenvalue weighted by atomic mass is 9.97. The smallest absolute Gasteiger partial charge is 0.410 e. The van der Waals surface area contributed by atoms with E-state index >= 15 is 0 Å². The van der Waals surface area contributed by atoms with Crippen molar-refractivity contribution in [3.05, 3.63) is 65.0 Å². The van der Waals surface area contributed by atoms with Gasteiger partial charge >= 0.3 is 6.09 Å². The third kappa shape index (κ3) is 6.58. The van der Waals surface area contributed by atoms with Gasteiger partial charge in [-0.25, -0.2) is 9.18 Å². The molecule has 13 heteroatoms. The Bertz CT molecular complexity index is 1460. The van der Waals surface area contributed by atoms with Gasteiger partial charge in [0.2, 0.25) is 0 Å². The largest absolute Gasteiger partial charge is 0.447 e. The summed E-state index contributed by atoms with van der Waals surface area (Å²) in [7, 11) is 0. The number of aromatic amines is 1. The molecule has 210 valence electrons. The van der Waals surface area contributed by atoms with Crippen molar-refractivity contribution >= 4 is 23.0 Å². The van der Waals surface area contributed by atoms with Gasteiger partial charge in [0.25, 0.3) is 5.91 Å². The molecule has 1 fully saturated rings. The number of aryl methyl sites for hydroxylation is 2. The van der Waals surface area contributed by atoms with E-state index in [1.54, 1.807) is 27.9 Å². The molecule has 0 spiro atoms. The molecule has 4 aromatic rings. The summed E-state index contributed by atoms with van der Waals surface area (Å²) in [5.41, 5.74) is 4.04. The lowest BCUT2D eigenvalue weighted by Gasteiger charge is -2.38. The van der Waals surface area contributed by atoms with Gasteiger partial charge in [0, 0.05) is 48.4 Å². The van der Waals surface area contributed by atoms with E-state index < -0.39 is 6.67 Å². The van der Waals surface area contributed by atoms with Gasteiger partial charge in [-0.1, -0.05) is 11.3 Å². The Hall–Kier alpha value is -4.42. The van der Waals surface area contributed by atoms with Gasteiger partial charge in [-0.3, -0.25) is 14.5 Å². The van der Waals surface area contributed by atoms with Crippen LogP contribution in [-0.2, 0) is 30.9 Å². The van der Waals surface area contributed by atoms with Crippen LogP contribution in [0, 0.1) is 0 Å². The molecular weight excluding hydrogens is 517 g/mol. The van der Waals surface area contributed by atoms with Crippen LogP contribution in [0.5, 0.6) is 0 Å². The summed E-state index contributed by atoms with van der Waals surface area (Å²) in [4.78, 5) is 33.5. The number of likely N-dealkylation sites (tertiary alicyclic amines) is 1. The molecule has 0 atom stereocenters. The maximum atomic E-state index is 12.6. The summed E-state index contributed by atoms with van der Waals surface area (Å²) < 4.78 is 19.5. The molecule has 12 nitrogen and oxygen atoms in total. The van der Waals surface area contributed by atoms with Crippen LogP contribution in [0.2, 0.25) is 0 Å². The topological polar surface area (TPSA) is 144 Å². The standard InChI is InChI=1S/C27H32FN9O3/c1-17(2)40-27(39)36-14-20(15-36)23-10-19-9-21(32-34-25(19)31-23)5-3-4-8-37-16-24(33-35-37)26(38)30-13-22-7-6-18(11-28)12-29-22/h6-7,9-10,12,16-17,20H,3-5,8,11,13-15H2,1-2H3,(H,30,38)(H,31,34). The summed E-state index contributed by atoms with van der Waals surface area (Å²) in [5.74, 6) is -0.111. The second-order valence-electron chi connectivity index (χ2n) is 10.2. The van der Waals surface area contributed by atoms with Crippen LogP contribution < -0.4 is 5.32 Å². The van der Waals surface area contributed by atoms with Crippen molar-refractivity contribution in [1.29, 1.82) is 0 Å². The van der Waals surface area contributed by atoms with Crippen LogP contribution in [0.25, 0.3) is 11.0 Å². The first kappa shape index (κ1) is 27.2. The highest BCUT2D eigenvalue weighted by molar-refractivity contribution is 5.91. The van der Waals surface area contributed by atoms with Crippen LogP contribution in [0.15, 0.2) is 36.7 Å². The molecule has 1 aliphatic heterocycles. The zero-order valence-corrected chi connectivity index (χ0v) is 22.5. The first-order valence-electron chi connectivity index (χ1n) is 13.4. The number of hydrogen-bond acceptors (Lipinski definition) is 8. The van der Waals surface area contributed by atoms with E-state index in [1.807, 2.05) is 19.9 Å². The average Bonchev–Trinajstić information content (AvgIpc) is 3.56. The van der Waals surface area contributed by atoms with Crippen LogP contribution in [0.3, 0.4) is 0 Å². The van der Waals surface area contributed by atoms with E-state index in [1.165, 1.54) is 6.20 Å². The Morgan fingerprint density at radius 3 is 2.75 bits per heavy atom. The normalized spacial score (nSPS) is 13.6. The Kier molecular flexibility index (Phi) is 8.27. The number of carbonyl (C=O) groups excluding carboxylic acids is 2. The predicted molar refractivity (Wildman–Crippen MR) is 143 cm³/mol. The van der Waals surface area contributed by atoms with E-state index in [0.29, 0.717) is 30.9 Å². The van der Waals surface area contributed by atoms with Gasteiger partial charge in [0.05, 0.1) is 30.2 Å². The number of nitrogens with zero attached hydrogens (tertiary/aromatic N) is 7. The highest BCUT2D eigenvalue weighted by Gasteiger charge is 2.34. The van der Waals surface area contributed by atoms with E-state index in [9.17, 15) is 14.0 Å². The third-order valence-electron chi connectivity index (χ3n) is 6.68. The molecule has 0 aliphatic carbocycles. The van der Waals surface area contributed by atoms with Crippen molar-refractivity contribution in [2.24, 2.45) is 0 Å². The van der Waals surface area contributed by atoms with Crippen molar-refractivity contribution < 1.29 is 18.7 Å². The molecule has 1 aliphatic rings. The molecule has 1 saturated heterocycles. The molecular formula is C27H32FN9O3. The minimum Gasteiger partial charge on any atom is -0.447 e. The van der Waals surface area contributed by atoms with Crippen molar-refractivity contribution in [3.63, 3.8) is 0 Å². The average molecular weight is 550 g/mol. The maximum absolute atomic E-state index is 12.6. The number of halogens is 1. The lowest BCUT2D eigenvalue weighted by molar-refractivity contribution is 0.0506. The summed E-state index contributed by atoms with van der Waals surface area (Å²) in [6.07, 6.45) is 5.13. The molecule has 4 aromatic heterocycles. The van der Waals surface area contributed by atoms with Crippen molar-refractivity contribution in [3.8, 4) is 0 Å². The van der Waals surface area contributed by atoms with E-state index in [2.05, 4.69) is 41.9 Å². The number of ether oxygens (including phenoxy) is 1. The molecule has 2 amide bonds. The SMILES string of the molecule is CC(C)OC(=O)N1CC(c2cc3cc(CCCCn4cc(C(=O)NCc5ccc(CF)cn5)nn4)nnc3[nH]2)C1. The summed E-state index contributed by atoms with van der Waals surface area (Å²) in [6, 6.07) is 7.45. The van der Waals surface area contributed by atoms with Crippen molar-refractivity contribution in [2.45, 2.75) is 64.9 Å².